The van der Waals surface area contributed by atoms with Crippen LogP contribution >= 0.6 is 11.8 Å². The van der Waals surface area contributed by atoms with Crippen molar-refractivity contribution in [2.75, 3.05) is 18.1 Å². The molecule has 0 spiro atoms. The maximum absolute atomic E-state index is 11.4. The van der Waals surface area contributed by atoms with Gasteiger partial charge in [-0.1, -0.05) is 43.9 Å². The third kappa shape index (κ3) is 4.91. The molecule has 0 bridgehead atoms. The van der Waals surface area contributed by atoms with E-state index in [1.165, 1.54) is 48.5 Å². The molecule has 1 aromatic heterocycles. The van der Waals surface area contributed by atoms with Crippen molar-refractivity contribution in [1.82, 2.24) is 20.2 Å². The van der Waals surface area contributed by atoms with Crippen molar-refractivity contribution in [3.63, 3.8) is 0 Å². The maximum Gasteiger partial charge on any atom is 0.230 e. The molecule has 1 saturated carbocycles. The van der Waals surface area contributed by atoms with Crippen LogP contribution in [0, 0.1) is 5.92 Å². The van der Waals surface area contributed by atoms with Crippen LogP contribution in [0.4, 0.5) is 0 Å². The van der Waals surface area contributed by atoms with E-state index in [1.807, 2.05) is 6.92 Å². The van der Waals surface area contributed by atoms with Gasteiger partial charge >= 0.3 is 0 Å². The number of nitrogen functional groups attached to an aromatic ring is 1. The fourth-order valence-corrected chi connectivity index (χ4v) is 3.47. The number of nitrogens with two attached hydrogens (primary N) is 1. The topological polar surface area (TPSA) is 85.8 Å². The molecule has 0 radical (unpaired) electrons. The highest BCUT2D eigenvalue weighted by Gasteiger charge is 2.16. The number of nitrogens with one attached hydrogen (secondary N) is 1. The van der Waals surface area contributed by atoms with E-state index in [1.54, 1.807) is 0 Å². The Bertz CT molecular complexity index is 456. The Hall–Kier alpha value is -1.24. The molecule has 118 valence electrons. The van der Waals surface area contributed by atoms with Gasteiger partial charge in [0.15, 0.2) is 5.82 Å². The van der Waals surface area contributed by atoms with Crippen molar-refractivity contribution in [2.24, 2.45) is 5.92 Å². The summed E-state index contributed by atoms with van der Waals surface area (Å²) in [5, 5.41) is 11.6. The number of carbonyl (C=O) groups excluding carboxylic acids is 1. The molecule has 1 fully saturated rings. The van der Waals surface area contributed by atoms with Crippen LogP contribution in [0.1, 0.15) is 51.3 Å². The third-order valence-electron chi connectivity index (χ3n) is 3.94. The number of nitrogens with zero attached hydrogens (tertiary/aromatic N) is 3. The lowest BCUT2D eigenvalue weighted by molar-refractivity contribution is -0.118. The number of aromatic nitrogens is 3. The summed E-state index contributed by atoms with van der Waals surface area (Å²) in [5.74, 6) is 7.96. The average Bonchev–Trinajstić information content (AvgIpc) is 2.85. The molecular formula is C14H25N5OS. The van der Waals surface area contributed by atoms with Gasteiger partial charge in [0.05, 0.1) is 5.75 Å². The number of thioether (sulfide) groups is 1. The molecule has 2 rings (SSSR count). The van der Waals surface area contributed by atoms with E-state index >= 15 is 0 Å². The van der Waals surface area contributed by atoms with Crippen molar-refractivity contribution < 1.29 is 4.79 Å². The predicted molar refractivity (Wildman–Crippen MR) is 84.5 cm³/mol. The molecule has 0 aromatic carbocycles. The van der Waals surface area contributed by atoms with E-state index in [4.69, 9.17) is 5.84 Å². The zero-order valence-corrected chi connectivity index (χ0v) is 13.5. The molecule has 0 aliphatic heterocycles. The van der Waals surface area contributed by atoms with Crippen LogP contribution in [-0.4, -0.2) is 33.1 Å². The van der Waals surface area contributed by atoms with Gasteiger partial charge in [0.25, 0.3) is 0 Å². The van der Waals surface area contributed by atoms with E-state index in [9.17, 15) is 4.79 Å². The monoisotopic (exact) mass is 311 g/mol. The van der Waals surface area contributed by atoms with E-state index in [0.29, 0.717) is 17.5 Å². The summed E-state index contributed by atoms with van der Waals surface area (Å²) in [6, 6.07) is 0. The summed E-state index contributed by atoms with van der Waals surface area (Å²) in [5.41, 5.74) is 0. The minimum absolute atomic E-state index is 0.00532. The maximum atomic E-state index is 11.4. The number of hydrogen-bond acceptors (Lipinski definition) is 5. The second-order valence-electron chi connectivity index (χ2n) is 5.55. The highest BCUT2D eigenvalue weighted by Crippen LogP contribution is 2.27. The lowest BCUT2D eigenvalue weighted by Crippen LogP contribution is -2.25. The summed E-state index contributed by atoms with van der Waals surface area (Å²) in [6.45, 7) is 2.54. The molecule has 7 heteroatoms. The van der Waals surface area contributed by atoms with E-state index < -0.39 is 0 Å². The zero-order chi connectivity index (χ0) is 15.1. The molecule has 0 saturated heterocycles. The Kier molecular flexibility index (Phi) is 6.35. The fraction of sp³-hybridized carbons (Fsp3) is 0.786. The highest BCUT2D eigenvalue weighted by atomic mass is 32.2. The van der Waals surface area contributed by atoms with Crippen molar-refractivity contribution in [3.8, 4) is 0 Å². The van der Waals surface area contributed by atoms with Gasteiger partial charge in [-0.15, -0.1) is 10.2 Å². The van der Waals surface area contributed by atoms with E-state index in [-0.39, 0.29) is 5.91 Å². The number of amides is 1. The van der Waals surface area contributed by atoms with Crippen molar-refractivity contribution >= 4 is 17.7 Å². The summed E-state index contributed by atoms with van der Waals surface area (Å²) >= 11 is 1.33. The van der Waals surface area contributed by atoms with Crippen LogP contribution in [0.25, 0.3) is 0 Å². The Morgan fingerprint density at radius 3 is 2.86 bits per heavy atom. The molecule has 1 heterocycles. The molecule has 0 unspecified atom stereocenters. The SMILES string of the molecule is CCNC(=O)CSc1nnc(CCC2CCCCC2)n1N. The van der Waals surface area contributed by atoms with Gasteiger partial charge in [0, 0.05) is 13.0 Å². The van der Waals surface area contributed by atoms with Crippen molar-refractivity contribution in [3.05, 3.63) is 5.82 Å². The summed E-state index contributed by atoms with van der Waals surface area (Å²) in [7, 11) is 0. The largest absolute Gasteiger partial charge is 0.356 e. The second-order valence-corrected chi connectivity index (χ2v) is 6.50. The van der Waals surface area contributed by atoms with Crippen LogP contribution in [0.2, 0.25) is 0 Å². The molecule has 1 aliphatic carbocycles. The summed E-state index contributed by atoms with van der Waals surface area (Å²) in [4.78, 5) is 11.4. The number of rotatable bonds is 7. The Labute approximate surface area is 130 Å². The highest BCUT2D eigenvalue weighted by molar-refractivity contribution is 7.99. The third-order valence-corrected chi connectivity index (χ3v) is 4.89. The normalized spacial score (nSPS) is 16.0. The molecule has 0 atom stereocenters. The smallest absolute Gasteiger partial charge is 0.230 e. The van der Waals surface area contributed by atoms with Gasteiger partial charge in [-0.25, -0.2) is 4.68 Å². The second kappa shape index (κ2) is 8.26. The fourth-order valence-electron chi connectivity index (χ4n) is 2.76. The molecule has 6 nitrogen and oxygen atoms in total. The first-order valence-electron chi connectivity index (χ1n) is 7.79. The minimum atomic E-state index is -0.00532. The van der Waals surface area contributed by atoms with Gasteiger partial charge in [0.2, 0.25) is 11.1 Å². The minimum Gasteiger partial charge on any atom is -0.356 e. The van der Waals surface area contributed by atoms with Gasteiger partial charge in [0.1, 0.15) is 0 Å². The number of carbonyl (C=O) groups is 1. The number of aryl methyl sites for hydroxylation is 1. The van der Waals surface area contributed by atoms with E-state index in [2.05, 4.69) is 15.5 Å². The van der Waals surface area contributed by atoms with E-state index in [0.717, 1.165) is 24.6 Å². The number of hydrogen-bond donors (Lipinski definition) is 2. The molecule has 21 heavy (non-hydrogen) atoms. The molecule has 3 N–H and O–H groups in total. The molecule has 1 amide bonds. The van der Waals surface area contributed by atoms with Gasteiger partial charge < -0.3 is 11.2 Å². The van der Waals surface area contributed by atoms with Crippen LogP contribution < -0.4 is 11.2 Å². The molecule has 1 aliphatic rings. The quantitative estimate of drug-likeness (QED) is 0.591. The van der Waals surface area contributed by atoms with Crippen LogP contribution in [0.15, 0.2) is 5.16 Å². The van der Waals surface area contributed by atoms with Crippen LogP contribution in [0.3, 0.4) is 0 Å². The van der Waals surface area contributed by atoms with Crippen molar-refractivity contribution in [2.45, 2.75) is 57.0 Å². The Morgan fingerprint density at radius 2 is 2.14 bits per heavy atom. The Balaban J connectivity index is 1.80. The van der Waals surface area contributed by atoms with Crippen LogP contribution in [0.5, 0.6) is 0 Å². The van der Waals surface area contributed by atoms with Gasteiger partial charge in [-0.2, -0.15) is 0 Å². The average molecular weight is 311 g/mol. The first kappa shape index (κ1) is 16.1. The Morgan fingerprint density at radius 1 is 1.38 bits per heavy atom. The van der Waals surface area contributed by atoms with Crippen molar-refractivity contribution in [1.29, 1.82) is 0 Å². The zero-order valence-electron chi connectivity index (χ0n) is 12.7. The lowest BCUT2D eigenvalue weighted by Gasteiger charge is -2.20. The van der Waals surface area contributed by atoms with Crippen LogP contribution in [-0.2, 0) is 11.2 Å². The summed E-state index contributed by atoms with van der Waals surface area (Å²) in [6.07, 6.45) is 8.76. The molecule has 1 aromatic rings. The van der Waals surface area contributed by atoms with Gasteiger partial charge in [-0.05, 0) is 19.3 Å². The summed E-state index contributed by atoms with van der Waals surface area (Å²) < 4.78 is 1.53. The first-order valence-corrected chi connectivity index (χ1v) is 8.78. The standard InChI is InChI=1S/C14H25N5OS/c1-2-16-13(20)10-21-14-18-17-12(19(14)15)9-8-11-6-4-3-5-7-11/h11H,2-10,15H2,1H3,(H,16,20). The first-order chi connectivity index (χ1) is 10.2. The predicted octanol–water partition coefficient (Wildman–Crippen LogP) is 1.73. The lowest BCUT2D eigenvalue weighted by atomic mass is 9.86. The molecular weight excluding hydrogens is 286 g/mol. The van der Waals surface area contributed by atoms with Gasteiger partial charge in [-0.3, -0.25) is 4.79 Å².